The van der Waals surface area contributed by atoms with E-state index in [0.717, 1.165) is 24.4 Å². The Balaban J connectivity index is 1.73. The molecule has 1 atom stereocenters. The molecule has 0 bridgehead atoms. The summed E-state index contributed by atoms with van der Waals surface area (Å²) in [5.74, 6) is 0.848. The van der Waals surface area contributed by atoms with Crippen molar-refractivity contribution in [1.29, 1.82) is 0 Å². The molecule has 2 aromatic rings. The number of ether oxygens (including phenoxy) is 1. The lowest BCUT2D eigenvalue weighted by molar-refractivity contribution is 0.0933. The van der Waals surface area contributed by atoms with Crippen LogP contribution in [0.3, 0.4) is 0 Å². The van der Waals surface area contributed by atoms with Crippen molar-refractivity contribution in [3.8, 4) is 5.75 Å². The summed E-state index contributed by atoms with van der Waals surface area (Å²) in [4.78, 5) is 15.1. The van der Waals surface area contributed by atoms with Gasteiger partial charge in [0.15, 0.2) is 0 Å². The first kappa shape index (κ1) is 19.4. The SMILES string of the molecule is COc1ccc([C@H](CNC(=O)c2ccc(C)cc2)N2CCCCCC2)cc1. The van der Waals surface area contributed by atoms with Crippen LogP contribution >= 0.6 is 0 Å². The molecule has 1 aliphatic heterocycles. The minimum absolute atomic E-state index is 0.0108. The number of methoxy groups -OCH3 is 1. The molecule has 1 fully saturated rings. The first-order valence-corrected chi connectivity index (χ1v) is 9.90. The Morgan fingerprint density at radius 2 is 1.63 bits per heavy atom. The highest BCUT2D eigenvalue weighted by Crippen LogP contribution is 2.25. The summed E-state index contributed by atoms with van der Waals surface area (Å²) in [5.41, 5.74) is 3.10. The maximum absolute atomic E-state index is 12.6. The molecule has 0 spiro atoms. The number of nitrogens with one attached hydrogen (secondary N) is 1. The lowest BCUT2D eigenvalue weighted by Gasteiger charge is -2.31. The lowest BCUT2D eigenvalue weighted by Crippen LogP contribution is -2.38. The molecular formula is C23H30N2O2. The lowest BCUT2D eigenvalue weighted by atomic mass is 10.0. The zero-order valence-corrected chi connectivity index (χ0v) is 16.4. The standard InChI is InChI=1S/C23H30N2O2/c1-18-7-9-20(10-8-18)23(26)24-17-22(25-15-5-3-4-6-16-25)19-11-13-21(27-2)14-12-19/h7-14,22H,3-6,15-17H2,1-2H3,(H,24,26)/t22-/m0/s1. The topological polar surface area (TPSA) is 41.6 Å². The maximum atomic E-state index is 12.6. The third kappa shape index (κ3) is 5.33. The van der Waals surface area contributed by atoms with Crippen molar-refractivity contribution in [3.63, 3.8) is 0 Å². The van der Waals surface area contributed by atoms with E-state index in [1.807, 2.05) is 43.3 Å². The number of aryl methyl sites for hydroxylation is 1. The molecule has 1 N–H and O–H groups in total. The van der Waals surface area contributed by atoms with Crippen LogP contribution in [-0.2, 0) is 0 Å². The Bertz CT molecular complexity index is 717. The van der Waals surface area contributed by atoms with Crippen LogP contribution in [0.15, 0.2) is 48.5 Å². The van der Waals surface area contributed by atoms with E-state index in [9.17, 15) is 4.79 Å². The third-order valence-electron chi connectivity index (χ3n) is 5.35. The fourth-order valence-corrected chi connectivity index (χ4v) is 3.69. The molecule has 0 aromatic heterocycles. The van der Waals surface area contributed by atoms with Crippen LogP contribution in [0, 0.1) is 6.92 Å². The molecule has 0 radical (unpaired) electrons. The molecule has 1 aliphatic rings. The summed E-state index contributed by atoms with van der Waals surface area (Å²) < 4.78 is 5.30. The van der Waals surface area contributed by atoms with Gasteiger partial charge in [-0.2, -0.15) is 0 Å². The monoisotopic (exact) mass is 366 g/mol. The van der Waals surface area contributed by atoms with Gasteiger partial charge in [0.25, 0.3) is 5.91 Å². The minimum atomic E-state index is -0.0108. The van der Waals surface area contributed by atoms with Gasteiger partial charge in [0.2, 0.25) is 0 Å². The van der Waals surface area contributed by atoms with E-state index < -0.39 is 0 Å². The summed E-state index contributed by atoms with van der Waals surface area (Å²) >= 11 is 0. The minimum Gasteiger partial charge on any atom is -0.497 e. The van der Waals surface area contributed by atoms with Crippen molar-refractivity contribution in [2.24, 2.45) is 0 Å². The van der Waals surface area contributed by atoms with Gasteiger partial charge in [0.05, 0.1) is 13.2 Å². The van der Waals surface area contributed by atoms with E-state index in [2.05, 4.69) is 22.3 Å². The summed E-state index contributed by atoms with van der Waals surface area (Å²) in [6, 6.07) is 16.2. The highest BCUT2D eigenvalue weighted by molar-refractivity contribution is 5.94. The molecule has 2 aromatic carbocycles. The molecule has 3 rings (SSSR count). The molecule has 1 heterocycles. The van der Waals surface area contributed by atoms with Crippen molar-refractivity contribution in [3.05, 3.63) is 65.2 Å². The molecule has 0 aliphatic carbocycles. The van der Waals surface area contributed by atoms with Crippen molar-refractivity contribution in [2.75, 3.05) is 26.7 Å². The summed E-state index contributed by atoms with van der Waals surface area (Å²) in [5, 5.41) is 3.15. The molecule has 4 nitrogen and oxygen atoms in total. The van der Waals surface area contributed by atoms with Crippen molar-refractivity contribution >= 4 is 5.91 Å². The Labute approximate surface area is 162 Å². The molecule has 4 heteroatoms. The van der Waals surface area contributed by atoms with Crippen LogP contribution in [0.5, 0.6) is 5.75 Å². The molecule has 144 valence electrons. The fraction of sp³-hybridized carbons (Fsp3) is 0.435. The molecule has 0 unspecified atom stereocenters. The summed E-state index contributed by atoms with van der Waals surface area (Å²) in [6.07, 6.45) is 5.03. The first-order chi connectivity index (χ1) is 13.2. The van der Waals surface area contributed by atoms with Crippen molar-refractivity contribution in [2.45, 2.75) is 38.6 Å². The second kappa shape index (κ2) is 9.56. The van der Waals surface area contributed by atoms with Gasteiger partial charge < -0.3 is 10.1 Å². The highest BCUT2D eigenvalue weighted by atomic mass is 16.5. The molecule has 27 heavy (non-hydrogen) atoms. The molecule has 1 amide bonds. The quantitative estimate of drug-likeness (QED) is 0.826. The molecular weight excluding hydrogens is 336 g/mol. The maximum Gasteiger partial charge on any atom is 0.251 e. The van der Waals surface area contributed by atoms with Gasteiger partial charge in [-0.05, 0) is 62.7 Å². The van der Waals surface area contributed by atoms with Gasteiger partial charge in [0.1, 0.15) is 5.75 Å². The number of benzene rings is 2. The van der Waals surface area contributed by atoms with Crippen LogP contribution in [0.1, 0.15) is 53.2 Å². The summed E-state index contributed by atoms with van der Waals surface area (Å²) in [7, 11) is 1.68. The number of carbonyl (C=O) groups excluding carboxylic acids is 1. The van der Waals surface area contributed by atoms with Gasteiger partial charge in [-0.15, -0.1) is 0 Å². The number of rotatable bonds is 6. The van der Waals surface area contributed by atoms with E-state index in [0.29, 0.717) is 12.1 Å². The largest absolute Gasteiger partial charge is 0.497 e. The van der Waals surface area contributed by atoms with Gasteiger partial charge >= 0.3 is 0 Å². The predicted molar refractivity (Wildman–Crippen MR) is 109 cm³/mol. The van der Waals surface area contributed by atoms with Crippen LogP contribution in [0.25, 0.3) is 0 Å². The number of hydrogen-bond acceptors (Lipinski definition) is 3. The number of nitrogens with zero attached hydrogens (tertiary/aromatic N) is 1. The number of amides is 1. The Kier molecular flexibility index (Phi) is 6.88. The number of carbonyl (C=O) groups is 1. The Hall–Kier alpha value is -2.33. The van der Waals surface area contributed by atoms with E-state index in [4.69, 9.17) is 4.74 Å². The second-order valence-corrected chi connectivity index (χ2v) is 7.32. The number of hydrogen-bond donors (Lipinski definition) is 1. The first-order valence-electron chi connectivity index (χ1n) is 9.90. The van der Waals surface area contributed by atoms with E-state index in [1.54, 1.807) is 7.11 Å². The normalized spacial score (nSPS) is 16.4. The third-order valence-corrected chi connectivity index (χ3v) is 5.35. The zero-order valence-electron chi connectivity index (χ0n) is 16.4. The van der Waals surface area contributed by atoms with Gasteiger partial charge in [-0.3, -0.25) is 9.69 Å². The smallest absolute Gasteiger partial charge is 0.251 e. The van der Waals surface area contributed by atoms with Gasteiger partial charge in [0, 0.05) is 12.1 Å². The average Bonchev–Trinajstić information content (AvgIpc) is 2.98. The summed E-state index contributed by atoms with van der Waals surface area (Å²) in [6.45, 7) is 4.80. The van der Waals surface area contributed by atoms with E-state index >= 15 is 0 Å². The predicted octanol–water partition coefficient (Wildman–Crippen LogP) is 4.35. The fourth-order valence-electron chi connectivity index (χ4n) is 3.69. The van der Waals surface area contributed by atoms with E-state index in [-0.39, 0.29) is 11.9 Å². The average molecular weight is 367 g/mol. The Morgan fingerprint density at radius 3 is 2.22 bits per heavy atom. The van der Waals surface area contributed by atoms with Crippen LogP contribution < -0.4 is 10.1 Å². The second-order valence-electron chi connectivity index (χ2n) is 7.32. The number of likely N-dealkylation sites (tertiary alicyclic amines) is 1. The van der Waals surface area contributed by atoms with Crippen LogP contribution in [-0.4, -0.2) is 37.6 Å². The highest BCUT2D eigenvalue weighted by Gasteiger charge is 2.22. The Morgan fingerprint density at radius 1 is 1.00 bits per heavy atom. The zero-order chi connectivity index (χ0) is 19.1. The van der Waals surface area contributed by atoms with E-state index in [1.165, 1.54) is 31.2 Å². The van der Waals surface area contributed by atoms with Gasteiger partial charge in [-0.25, -0.2) is 0 Å². The molecule has 1 saturated heterocycles. The van der Waals surface area contributed by atoms with Gasteiger partial charge in [-0.1, -0.05) is 42.7 Å². The van der Waals surface area contributed by atoms with Crippen molar-refractivity contribution in [1.82, 2.24) is 10.2 Å². The molecule has 0 saturated carbocycles. The van der Waals surface area contributed by atoms with Crippen LogP contribution in [0.4, 0.5) is 0 Å². The van der Waals surface area contributed by atoms with Crippen LogP contribution in [0.2, 0.25) is 0 Å². The van der Waals surface area contributed by atoms with Crippen molar-refractivity contribution < 1.29 is 9.53 Å².